The largest absolute Gasteiger partial charge is 0.463 e. The lowest BCUT2D eigenvalue weighted by Gasteiger charge is -2.11. The van der Waals surface area contributed by atoms with Crippen LogP contribution < -0.4 is 5.73 Å². The van der Waals surface area contributed by atoms with Crippen LogP contribution in [0.25, 0.3) is 0 Å². The summed E-state index contributed by atoms with van der Waals surface area (Å²) in [5.74, 6) is -0.221. The van der Waals surface area contributed by atoms with E-state index in [1.807, 2.05) is 37.3 Å². The van der Waals surface area contributed by atoms with Crippen LogP contribution in [0.1, 0.15) is 31.4 Å². The van der Waals surface area contributed by atoms with Crippen molar-refractivity contribution in [2.24, 2.45) is 5.73 Å². The first kappa shape index (κ1) is 14.7. The minimum absolute atomic E-state index is 0.120. The van der Waals surface area contributed by atoms with Gasteiger partial charge in [0.05, 0.1) is 6.61 Å². The third-order valence-corrected chi connectivity index (χ3v) is 2.58. The van der Waals surface area contributed by atoms with Gasteiger partial charge in [-0.3, -0.25) is 4.79 Å². The van der Waals surface area contributed by atoms with Crippen LogP contribution in [0.15, 0.2) is 30.3 Å². The van der Waals surface area contributed by atoms with Crippen molar-refractivity contribution in [2.75, 3.05) is 19.8 Å². The van der Waals surface area contributed by atoms with Crippen molar-refractivity contribution in [2.45, 2.75) is 25.8 Å². The molecule has 1 aromatic carbocycles. The van der Waals surface area contributed by atoms with Crippen LogP contribution in [0.3, 0.4) is 0 Å². The summed E-state index contributed by atoms with van der Waals surface area (Å²) in [5, 5.41) is 0. The van der Waals surface area contributed by atoms with E-state index in [1.165, 1.54) is 0 Å². The minimum Gasteiger partial charge on any atom is -0.463 e. The lowest BCUT2D eigenvalue weighted by Crippen LogP contribution is -2.15. The first-order chi connectivity index (χ1) is 8.74. The maximum Gasteiger partial charge on any atom is 0.305 e. The molecule has 0 aliphatic carbocycles. The molecule has 0 radical (unpaired) electrons. The highest BCUT2D eigenvalue weighted by Crippen LogP contribution is 2.15. The van der Waals surface area contributed by atoms with Crippen LogP contribution in [0, 0.1) is 0 Å². The van der Waals surface area contributed by atoms with Crippen molar-refractivity contribution in [1.82, 2.24) is 0 Å². The fraction of sp³-hybridized carbons (Fsp3) is 0.500. The van der Waals surface area contributed by atoms with Gasteiger partial charge in [0.25, 0.3) is 0 Å². The number of hydrogen-bond donors (Lipinski definition) is 1. The van der Waals surface area contributed by atoms with Gasteiger partial charge in [0.15, 0.2) is 0 Å². The fourth-order valence-corrected chi connectivity index (χ4v) is 1.57. The number of ether oxygens (including phenoxy) is 2. The summed E-state index contributed by atoms with van der Waals surface area (Å²) in [4.78, 5) is 11.4. The Morgan fingerprint density at radius 3 is 2.67 bits per heavy atom. The Morgan fingerprint density at radius 1 is 1.28 bits per heavy atom. The Morgan fingerprint density at radius 2 is 2.00 bits per heavy atom. The predicted octanol–water partition coefficient (Wildman–Crippen LogP) is 2.05. The number of benzene rings is 1. The lowest BCUT2D eigenvalue weighted by molar-refractivity contribution is -0.145. The van der Waals surface area contributed by atoms with E-state index >= 15 is 0 Å². The fourth-order valence-electron chi connectivity index (χ4n) is 1.57. The average Bonchev–Trinajstić information content (AvgIpc) is 2.42. The highest BCUT2D eigenvalue weighted by atomic mass is 16.6. The molecule has 0 saturated heterocycles. The van der Waals surface area contributed by atoms with Crippen molar-refractivity contribution in [3.8, 4) is 0 Å². The number of hydrogen-bond acceptors (Lipinski definition) is 4. The van der Waals surface area contributed by atoms with E-state index in [9.17, 15) is 4.79 Å². The number of carbonyl (C=O) groups is 1. The van der Waals surface area contributed by atoms with Gasteiger partial charge in [0.2, 0.25) is 0 Å². The van der Waals surface area contributed by atoms with E-state index in [1.54, 1.807) is 0 Å². The molecule has 0 aliphatic heterocycles. The Labute approximate surface area is 108 Å². The maximum atomic E-state index is 11.4. The van der Waals surface area contributed by atoms with Gasteiger partial charge in [-0.1, -0.05) is 30.3 Å². The molecule has 0 fully saturated rings. The summed E-state index contributed by atoms with van der Waals surface area (Å²) in [5.41, 5.74) is 7.03. The van der Waals surface area contributed by atoms with Crippen LogP contribution in [-0.4, -0.2) is 25.8 Å². The molecule has 0 spiro atoms. The Kier molecular flexibility index (Phi) is 7.06. The van der Waals surface area contributed by atoms with Crippen molar-refractivity contribution >= 4 is 5.97 Å². The Hall–Kier alpha value is -1.39. The minimum atomic E-state index is -0.221. The Balaban J connectivity index is 2.18. The van der Waals surface area contributed by atoms with E-state index in [-0.39, 0.29) is 12.0 Å². The molecule has 1 aromatic rings. The molecule has 100 valence electrons. The van der Waals surface area contributed by atoms with E-state index in [0.29, 0.717) is 32.7 Å². The van der Waals surface area contributed by atoms with Crippen molar-refractivity contribution in [3.05, 3.63) is 35.9 Å². The van der Waals surface area contributed by atoms with Crippen molar-refractivity contribution in [1.29, 1.82) is 0 Å². The molecule has 0 amide bonds. The number of esters is 1. The van der Waals surface area contributed by atoms with Gasteiger partial charge in [-0.2, -0.15) is 0 Å². The summed E-state index contributed by atoms with van der Waals surface area (Å²) in [6, 6.07) is 9.63. The number of nitrogens with two attached hydrogens (primary N) is 1. The van der Waals surface area contributed by atoms with Crippen molar-refractivity contribution in [3.63, 3.8) is 0 Å². The average molecular weight is 251 g/mol. The van der Waals surface area contributed by atoms with Crippen LogP contribution in [0.5, 0.6) is 0 Å². The van der Waals surface area contributed by atoms with Gasteiger partial charge in [0, 0.05) is 19.1 Å². The second-order valence-corrected chi connectivity index (χ2v) is 3.97. The van der Waals surface area contributed by atoms with Gasteiger partial charge < -0.3 is 15.2 Å². The third-order valence-electron chi connectivity index (χ3n) is 2.58. The molecular weight excluding hydrogens is 230 g/mol. The third kappa shape index (κ3) is 5.80. The molecule has 0 saturated carbocycles. The molecule has 1 atom stereocenters. The summed E-state index contributed by atoms with van der Waals surface area (Å²) >= 11 is 0. The molecule has 1 unspecified atom stereocenters. The molecule has 0 heterocycles. The zero-order valence-electron chi connectivity index (χ0n) is 10.8. The smallest absolute Gasteiger partial charge is 0.305 e. The molecule has 0 bridgehead atoms. The maximum absolute atomic E-state index is 11.4. The molecule has 4 nitrogen and oxygen atoms in total. The molecule has 1 rings (SSSR count). The molecule has 2 N–H and O–H groups in total. The first-order valence-electron chi connectivity index (χ1n) is 6.28. The summed E-state index contributed by atoms with van der Waals surface area (Å²) < 4.78 is 10.1. The SMILES string of the molecule is CCOCCOC(=O)CCC(N)c1ccccc1. The van der Waals surface area contributed by atoms with Crippen LogP contribution in [0.2, 0.25) is 0 Å². The van der Waals surface area contributed by atoms with E-state index in [4.69, 9.17) is 15.2 Å². The standard InChI is InChI=1S/C14H21NO3/c1-2-17-10-11-18-14(16)9-8-13(15)12-6-4-3-5-7-12/h3-7,13H,2,8-11,15H2,1H3. The summed E-state index contributed by atoms with van der Waals surface area (Å²) in [6.07, 6.45) is 0.930. The molecule has 0 aromatic heterocycles. The van der Waals surface area contributed by atoms with Gasteiger partial charge in [-0.05, 0) is 18.9 Å². The molecule has 18 heavy (non-hydrogen) atoms. The monoisotopic (exact) mass is 251 g/mol. The molecule has 0 aliphatic rings. The number of rotatable bonds is 8. The molecule has 4 heteroatoms. The summed E-state index contributed by atoms with van der Waals surface area (Å²) in [6.45, 7) is 3.30. The Bertz CT molecular complexity index is 340. The van der Waals surface area contributed by atoms with Gasteiger partial charge in [-0.15, -0.1) is 0 Å². The van der Waals surface area contributed by atoms with E-state index in [2.05, 4.69) is 0 Å². The van der Waals surface area contributed by atoms with E-state index < -0.39 is 0 Å². The quantitative estimate of drug-likeness (QED) is 0.567. The second-order valence-electron chi connectivity index (χ2n) is 3.97. The lowest BCUT2D eigenvalue weighted by atomic mass is 10.0. The predicted molar refractivity (Wildman–Crippen MR) is 70.1 cm³/mol. The highest BCUT2D eigenvalue weighted by molar-refractivity contribution is 5.69. The van der Waals surface area contributed by atoms with Crippen LogP contribution in [-0.2, 0) is 14.3 Å². The zero-order chi connectivity index (χ0) is 13.2. The van der Waals surface area contributed by atoms with Crippen molar-refractivity contribution < 1.29 is 14.3 Å². The normalized spacial score (nSPS) is 12.1. The first-order valence-corrected chi connectivity index (χ1v) is 6.28. The van der Waals surface area contributed by atoms with E-state index in [0.717, 1.165) is 5.56 Å². The number of carbonyl (C=O) groups excluding carboxylic acids is 1. The highest BCUT2D eigenvalue weighted by Gasteiger charge is 2.09. The van der Waals surface area contributed by atoms with Gasteiger partial charge >= 0.3 is 5.97 Å². The van der Waals surface area contributed by atoms with Crippen LogP contribution in [0.4, 0.5) is 0 Å². The second kappa shape index (κ2) is 8.66. The van der Waals surface area contributed by atoms with Gasteiger partial charge in [0.1, 0.15) is 6.61 Å². The summed E-state index contributed by atoms with van der Waals surface area (Å²) in [7, 11) is 0. The molecular formula is C14H21NO3. The van der Waals surface area contributed by atoms with Gasteiger partial charge in [-0.25, -0.2) is 0 Å². The van der Waals surface area contributed by atoms with Crippen LogP contribution >= 0.6 is 0 Å². The topological polar surface area (TPSA) is 61.5 Å². The zero-order valence-corrected chi connectivity index (χ0v) is 10.8.